The van der Waals surface area contributed by atoms with E-state index in [1.165, 1.54) is 0 Å². The average Bonchev–Trinajstić information content (AvgIpc) is 2.14. The van der Waals surface area contributed by atoms with Crippen LogP contribution in [0.15, 0.2) is 46.5 Å². The molecule has 0 spiro atoms. The first kappa shape index (κ1) is 13.0. The minimum absolute atomic E-state index is 0.194. The van der Waals surface area contributed by atoms with Gasteiger partial charge in [0.15, 0.2) is 0 Å². The predicted octanol–water partition coefficient (Wildman–Crippen LogP) is 2.98. The number of benzene rings is 1. The van der Waals surface area contributed by atoms with Crippen molar-refractivity contribution in [2.75, 3.05) is 0 Å². The highest BCUT2D eigenvalue weighted by atomic mass is 16.3. The lowest BCUT2D eigenvalue weighted by molar-refractivity contribution is 0.475. The molecule has 2 N–H and O–H groups in total. The second kappa shape index (κ2) is 5.84. The lowest BCUT2D eigenvalue weighted by atomic mass is 10.3. The fourth-order valence-electron chi connectivity index (χ4n) is 1.35. The van der Waals surface area contributed by atoms with Crippen LogP contribution in [0.4, 0.5) is 5.69 Å². The Morgan fingerprint density at radius 1 is 1.29 bits per heavy atom. The maximum atomic E-state index is 9.30. The van der Waals surface area contributed by atoms with Crippen LogP contribution in [-0.4, -0.2) is 16.8 Å². The van der Waals surface area contributed by atoms with Crippen molar-refractivity contribution in [3.8, 4) is 5.75 Å². The number of aliphatic imine (C=N–C) groups is 2. The van der Waals surface area contributed by atoms with Crippen LogP contribution in [0.3, 0.4) is 0 Å². The van der Waals surface area contributed by atoms with Crippen molar-refractivity contribution in [3.05, 3.63) is 36.5 Å². The summed E-state index contributed by atoms with van der Waals surface area (Å²) in [5, 5.41) is 12.3. The molecule has 0 unspecified atom stereocenters. The quantitative estimate of drug-likeness (QED) is 0.607. The van der Waals surface area contributed by atoms with Crippen LogP contribution in [0.1, 0.15) is 20.8 Å². The topological polar surface area (TPSA) is 57.0 Å². The summed E-state index contributed by atoms with van der Waals surface area (Å²) in [4.78, 5) is 8.52. The van der Waals surface area contributed by atoms with Gasteiger partial charge in [-0.05, 0) is 32.9 Å². The van der Waals surface area contributed by atoms with Crippen molar-refractivity contribution in [2.45, 2.75) is 20.8 Å². The molecule has 0 saturated heterocycles. The van der Waals surface area contributed by atoms with Gasteiger partial charge >= 0.3 is 0 Å². The number of hydrogen-bond acceptors (Lipinski definition) is 2. The molecule has 1 aromatic rings. The zero-order chi connectivity index (χ0) is 12.8. The number of aromatic hydroxyl groups is 1. The fraction of sp³-hybridized carbons (Fsp3) is 0.231. The van der Waals surface area contributed by atoms with Gasteiger partial charge in [0.1, 0.15) is 17.4 Å². The first-order valence-corrected chi connectivity index (χ1v) is 5.29. The van der Waals surface area contributed by atoms with Gasteiger partial charge in [-0.1, -0.05) is 12.6 Å². The van der Waals surface area contributed by atoms with Gasteiger partial charge in [-0.2, -0.15) is 0 Å². The lowest BCUT2D eigenvalue weighted by Crippen LogP contribution is -2.18. The minimum Gasteiger partial charge on any atom is -0.508 e. The van der Waals surface area contributed by atoms with Gasteiger partial charge < -0.3 is 10.4 Å². The number of phenolic OH excluding ortho intramolecular Hbond substituents is 1. The molecule has 1 rings (SSSR count). The fourth-order valence-corrected chi connectivity index (χ4v) is 1.35. The zero-order valence-electron chi connectivity index (χ0n) is 10.4. The molecule has 0 heterocycles. The number of hydrogen-bond donors (Lipinski definition) is 2. The smallest absolute Gasteiger partial charge is 0.127 e. The summed E-state index contributed by atoms with van der Waals surface area (Å²) in [6, 6.07) is 6.73. The van der Waals surface area contributed by atoms with E-state index in [-0.39, 0.29) is 5.75 Å². The van der Waals surface area contributed by atoms with Gasteiger partial charge in [0.25, 0.3) is 0 Å². The third kappa shape index (κ3) is 4.97. The van der Waals surface area contributed by atoms with Crippen molar-refractivity contribution < 1.29 is 5.11 Å². The van der Waals surface area contributed by atoms with Crippen LogP contribution in [0, 0.1) is 0 Å². The Morgan fingerprint density at radius 2 is 2.00 bits per heavy atom. The number of phenols is 1. The van der Waals surface area contributed by atoms with Gasteiger partial charge in [-0.15, -0.1) is 0 Å². The summed E-state index contributed by atoms with van der Waals surface area (Å²) in [5.74, 6) is 1.54. The molecule has 0 amide bonds. The molecule has 0 saturated carbocycles. The number of amidine groups is 2. The normalized spacial score (nSPS) is 12.4. The summed E-state index contributed by atoms with van der Waals surface area (Å²) < 4.78 is 0. The van der Waals surface area contributed by atoms with Crippen LogP contribution < -0.4 is 5.32 Å². The minimum atomic E-state index is 0.194. The number of nitrogens with zero attached hydrogens (tertiary/aromatic N) is 2. The Labute approximate surface area is 101 Å². The lowest BCUT2D eigenvalue weighted by Gasteiger charge is -2.03. The molecule has 0 aliphatic carbocycles. The second-order valence-electron chi connectivity index (χ2n) is 3.78. The standard InChI is InChI=1S/C13H17N3O/c1-9(2)14-10(3)15-11(4)16-12-6-5-7-13(17)8-12/h5-8,17H,1H2,2-4H3,(H,14,15,16). The van der Waals surface area contributed by atoms with E-state index in [1.54, 1.807) is 31.2 Å². The summed E-state index contributed by atoms with van der Waals surface area (Å²) in [6.07, 6.45) is 0. The van der Waals surface area contributed by atoms with E-state index in [0.717, 1.165) is 11.5 Å². The molecule has 0 fully saturated rings. The van der Waals surface area contributed by atoms with E-state index in [9.17, 15) is 5.11 Å². The highest BCUT2D eigenvalue weighted by Crippen LogP contribution is 2.18. The predicted molar refractivity (Wildman–Crippen MR) is 71.9 cm³/mol. The van der Waals surface area contributed by atoms with Crippen LogP contribution in [0.25, 0.3) is 0 Å². The van der Waals surface area contributed by atoms with Gasteiger partial charge in [0, 0.05) is 11.8 Å². The molecule has 0 radical (unpaired) electrons. The van der Waals surface area contributed by atoms with Crippen molar-refractivity contribution in [1.29, 1.82) is 0 Å². The molecular formula is C13H17N3O. The SMILES string of the molecule is C=C(C)NC(C)=NC(C)=Nc1cccc(O)c1. The van der Waals surface area contributed by atoms with E-state index in [2.05, 4.69) is 21.9 Å². The maximum absolute atomic E-state index is 9.30. The van der Waals surface area contributed by atoms with Crippen LogP contribution in [0.5, 0.6) is 5.75 Å². The Morgan fingerprint density at radius 3 is 2.59 bits per heavy atom. The number of nitrogens with one attached hydrogen (secondary N) is 1. The first-order valence-electron chi connectivity index (χ1n) is 5.29. The Kier molecular flexibility index (Phi) is 4.46. The van der Waals surface area contributed by atoms with E-state index < -0.39 is 0 Å². The van der Waals surface area contributed by atoms with Crippen molar-refractivity contribution >= 4 is 17.4 Å². The molecule has 4 nitrogen and oxygen atoms in total. The summed E-state index contributed by atoms with van der Waals surface area (Å²) in [7, 11) is 0. The number of allylic oxidation sites excluding steroid dienone is 1. The maximum Gasteiger partial charge on any atom is 0.127 e. The Bertz CT molecular complexity index is 475. The van der Waals surface area contributed by atoms with Crippen LogP contribution >= 0.6 is 0 Å². The summed E-state index contributed by atoms with van der Waals surface area (Å²) in [5.41, 5.74) is 1.51. The van der Waals surface area contributed by atoms with Gasteiger partial charge in [-0.25, -0.2) is 9.98 Å². The van der Waals surface area contributed by atoms with Crippen LogP contribution in [0.2, 0.25) is 0 Å². The van der Waals surface area contributed by atoms with Crippen LogP contribution in [-0.2, 0) is 0 Å². The van der Waals surface area contributed by atoms with E-state index in [1.807, 2.05) is 13.8 Å². The molecule has 0 aliphatic heterocycles. The van der Waals surface area contributed by atoms with Crippen molar-refractivity contribution in [3.63, 3.8) is 0 Å². The van der Waals surface area contributed by atoms with Crippen molar-refractivity contribution in [1.82, 2.24) is 5.32 Å². The summed E-state index contributed by atoms with van der Waals surface area (Å²) in [6.45, 7) is 9.24. The van der Waals surface area contributed by atoms with Crippen molar-refractivity contribution in [2.24, 2.45) is 9.98 Å². The van der Waals surface area contributed by atoms with Gasteiger partial charge in [0.2, 0.25) is 0 Å². The summed E-state index contributed by atoms with van der Waals surface area (Å²) >= 11 is 0. The number of rotatable bonds is 2. The van der Waals surface area contributed by atoms with E-state index in [0.29, 0.717) is 11.5 Å². The molecule has 1 aromatic carbocycles. The van der Waals surface area contributed by atoms with Gasteiger partial charge in [-0.3, -0.25) is 0 Å². The molecule has 0 atom stereocenters. The molecule has 0 aliphatic rings. The second-order valence-corrected chi connectivity index (χ2v) is 3.78. The third-order valence-corrected chi connectivity index (χ3v) is 1.84. The zero-order valence-corrected chi connectivity index (χ0v) is 10.4. The largest absolute Gasteiger partial charge is 0.508 e. The Hall–Kier alpha value is -2.10. The van der Waals surface area contributed by atoms with Gasteiger partial charge in [0.05, 0.1) is 5.69 Å². The highest BCUT2D eigenvalue weighted by molar-refractivity contribution is 5.96. The highest BCUT2D eigenvalue weighted by Gasteiger charge is 1.95. The first-order chi connectivity index (χ1) is 7.97. The van der Waals surface area contributed by atoms with E-state index >= 15 is 0 Å². The molecule has 0 bridgehead atoms. The molecule has 4 heteroatoms. The molecule has 0 aromatic heterocycles. The average molecular weight is 231 g/mol. The molecular weight excluding hydrogens is 214 g/mol. The molecule has 17 heavy (non-hydrogen) atoms. The van der Waals surface area contributed by atoms with E-state index in [4.69, 9.17) is 0 Å². The monoisotopic (exact) mass is 231 g/mol. The molecule has 90 valence electrons. The third-order valence-electron chi connectivity index (χ3n) is 1.84. The Balaban J connectivity index is 2.82.